The van der Waals surface area contributed by atoms with Crippen LogP contribution < -0.4 is 0 Å². The van der Waals surface area contributed by atoms with Crippen LogP contribution in [-0.4, -0.2) is 19.0 Å². The molecule has 1 aliphatic carbocycles. The van der Waals surface area contributed by atoms with Gasteiger partial charge in [0.2, 0.25) is 0 Å². The van der Waals surface area contributed by atoms with Crippen molar-refractivity contribution in [1.82, 2.24) is 0 Å². The lowest BCUT2D eigenvalue weighted by Gasteiger charge is -2.26. The molecule has 1 fully saturated rings. The maximum Gasteiger partial charge on any atom is 0.136 e. The Morgan fingerprint density at radius 2 is 2.46 bits per heavy atom. The monoisotopic (exact) mass is 181 g/mol. The van der Waals surface area contributed by atoms with Gasteiger partial charge in [0.15, 0.2) is 0 Å². The van der Waals surface area contributed by atoms with Crippen molar-refractivity contribution in [3.05, 3.63) is 0 Å². The molecule has 0 saturated heterocycles. The van der Waals surface area contributed by atoms with Crippen molar-refractivity contribution in [3.63, 3.8) is 0 Å². The normalized spacial score (nSPS) is 28.5. The molecule has 2 atom stereocenters. The molecule has 1 aliphatic rings. The summed E-state index contributed by atoms with van der Waals surface area (Å²) >= 11 is 0. The number of rotatable bonds is 3. The average molecular weight is 181 g/mol. The smallest absolute Gasteiger partial charge is 0.136 e. The molecule has 3 heteroatoms. The van der Waals surface area contributed by atoms with Gasteiger partial charge < -0.3 is 4.74 Å². The molecule has 1 saturated carbocycles. The number of hydrogen-bond donors (Lipinski definition) is 0. The third kappa shape index (κ3) is 2.82. The number of hydrogen-bond acceptors (Lipinski definition) is 3. The second-order valence-electron chi connectivity index (χ2n) is 3.49. The fourth-order valence-corrected chi connectivity index (χ4v) is 1.81. The van der Waals surface area contributed by atoms with Gasteiger partial charge in [-0.1, -0.05) is 0 Å². The Balaban J connectivity index is 2.41. The predicted molar refractivity (Wildman–Crippen MR) is 48.0 cm³/mol. The van der Waals surface area contributed by atoms with Gasteiger partial charge in [0.05, 0.1) is 12.2 Å². The maximum atomic E-state index is 11.4. The Hall–Kier alpha value is -0.880. The van der Waals surface area contributed by atoms with Crippen LogP contribution in [0.5, 0.6) is 0 Å². The highest BCUT2D eigenvalue weighted by atomic mass is 16.5. The minimum Gasteiger partial charge on any atom is -0.381 e. The quantitative estimate of drug-likeness (QED) is 0.665. The van der Waals surface area contributed by atoms with Crippen LogP contribution in [0.1, 0.15) is 32.1 Å². The van der Waals surface area contributed by atoms with E-state index in [1.165, 1.54) is 0 Å². The van der Waals surface area contributed by atoms with Crippen LogP contribution in [0, 0.1) is 17.2 Å². The van der Waals surface area contributed by atoms with Gasteiger partial charge in [0.25, 0.3) is 0 Å². The van der Waals surface area contributed by atoms with Crippen LogP contribution in [0.2, 0.25) is 0 Å². The van der Waals surface area contributed by atoms with Crippen LogP contribution >= 0.6 is 0 Å². The van der Waals surface area contributed by atoms with Crippen molar-refractivity contribution < 1.29 is 9.53 Å². The van der Waals surface area contributed by atoms with E-state index >= 15 is 0 Å². The Labute approximate surface area is 78.7 Å². The molecule has 3 nitrogen and oxygen atoms in total. The molecule has 0 aromatic rings. The summed E-state index contributed by atoms with van der Waals surface area (Å²) in [5.41, 5.74) is 0. The lowest BCUT2D eigenvalue weighted by Crippen LogP contribution is -2.29. The number of nitrogens with zero attached hydrogens (tertiary/aromatic N) is 1. The Bertz CT molecular complexity index is 219. The summed E-state index contributed by atoms with van der Waals surface area (Å²) in [6.45, 7) is 0. The van der Waals surface area contributed by atoms with E-state index in [-0.39, 0.29) is 12.0 Å². The summed E-state index contributed by atoms with van der Waals surface area (Å²) in [5.74, 6) is 0.377. The van der Waals surface area contributed by atoms with Crippen LogP contribution in [0.4, 0.5) is 0 Å². The number of carbonyl (C=O) groups is 1. The van der Waals surface area contributed by atoms with Gasteiger partial charge in [-0.15, -0.1) is 0 Å². The SMILES string of the molecule is COC1CCC(=O)C(CCC#N)C1. The lowest BCUT2D eigenvalue weighted by molar-refractivity contribution is -0.127. The van der Waals surface area contributed by atoms with E-state index in [0.717, 1.165) is 12.8 Å². The zero-order valence-corrected chi connectivity index (χ0v) is 7.95. The predicted octanol–water partition coefficient (Wildman–Crippen LogP) is 1.67. The first kappa shape index (κ1) is 10.2. The topological polar surface area (TPSA) is 50.1 Å². The molecule has 0 amide bonds. The first-order chi connectivity index (χ1) is 6.27. The maximum absolute atomic E-state index is 11.4. The van der Waals surface area contributed by atoms with Crippen molar-refractivity contribution in [3.8, 4) is 6.07 Å². The number of nitriles is 1. The van der Waals surface area contributed by atoms with Crippen molar-refractivity contribution in [2.24, 2.45) is 5.92 Å². The van der Waals surface area contributed by atoms with E-state index in [1.54, 1.807) is 7.11 Å². The van der Waals surface area contributed by atoms with E-state index in [4.69, 9.17) is 10.00 Å². The number of carbonyl (C=O) groups excluding carboxylic acids is 1. The van der Waals surface area contributed by atoms with Crippen molar-refractivity contribution >= 4 is 5.78 Å². The molecule has 0 spiro atoms. The van der Waals surface area contributed by atoms with Crippen LogP contribution in [0.3, 0.4) is 0 Å². The van der Waals surface area contributed by atoms with Crippen molar-refractivity contribution in [1.29, 1.82) is 5.26 Å². The number of ketones is 1. The molecule has 13 heavy (non-hydrogen) atoms. The molecule has 72 valence electrons. The van der Waals surface area contributed by atoms with E-state index in [1.807, 2.05) is 0 Å². The first-order valence-electron chi connectivity index (χ1n) is 4.70. The van der Waals surface area contributed by atoms with Gasteiger partial charge in [-0.2, -0.15) is 5.26 Å². The molecular weight excluding hydrogens is 166 g/mol. The van der Waals surface area contributed by atoms with Gasteiger partial charge in [0.1, 0.15) is 5.78 Å². The van der Waals surface area contributed by atoms with E-state index < -0.39 is 0 Å². The summed E-state index contributed by atoms with van der Waals surface area (Å²) < 4.78 is 5.21. The van der Waals surface area contributed by atoms with Gasteiger partial charge in [-0.25, -0.2) is 0 Å². The van der Waals surface area contributed by atoms with E-state index in [0.29, 0.717) is 25.0 Å². The van der Waals surface area contributed by atoms with Crippen molar-refractivity contribution in [2.45, 2.75) is 38.2 Å². The number of ether oxygens (including phenoxy) is 1. The van der Waals surface area contributed by atoms with Crippen molar-refractivity contribution in [2.75, 3.05) is 7.11 Å². The zero-order chi connectivity index (χ0) is 9.68. The first-order valence-corrected chi connectivity index (χ1v) is 4.70. The standard InChI is InChI=1S/C10H15NO2/c1-13-9-4-5-10(12)8(7-9)3-2-6-11/h8-9H,2-5,7H2,1H3. The molecular formula is C10H15NO2. The largest absolute Gasteiger partial charge is 0.381 e. The Kier molecular flexibility index (Phi) is 3.91. The second kappa shape index (κ2) is 4.98. The highest BCUT2D eigenvalue weighted by molar-refractivity contribution is 5.81. The van der Waals surface area contributed by atoms with E-state index in [9.17, 15) is 4.79 Å². The van der Waals surface area contributed by atoms with Gasteiger partial charge in [0, 0.05) is 25.9 Å². The minimum absolute atomic E-state index is 0.0679. The Morgan fingerprint density at radius 3 is 3.08 bits per heavy atom. The fourth-order valence-electron chi connectivity index (χ4n) is 1.81. The third-order valence-corrected chi connectivity index (χ3v) is 2.65. The molecule has 0 aromatic heterocycles. The molecule has 2 unspecified atom stereocenters. The zero-order valence-electron chi connectivity index (χ0n) is 7.95. The highest BCUT2D eigenvalue weighted by Crippen LogP contribution is 2.26. The summed E-state index contributed by atoms with van der Waals surface area (Å²) in [6, 6.07) is 2.08. The van der Waals surface area contributed by atoms with Gasteiger partial charge in [-0.3, -0.25) is 4.79 Å². The van der Waals surface area contributed by atoms with E-state index in [2.05, 4.69) is 6.07 Å². The van der Waals surface area contributed by atoms with Gasteiger partial charge in [-0.05, 0) is 19.3 Å². The number of methoxy groups -OCH3 is 1. The minimum atomic E-state index is 0.0679. The highest BCUT2D eigenvalue weighted by Gasteiger charge is 2.27. The lowest BCUT2D eigenvalue weighted by atomic mass is 9.83. The average Bonchev–Trinajstić information content (AvgIpc) is 2.17. The summed E-state index contributed by atoms with van der Waals surface area (Å²) in [7, 11) is 1.68. The van der Waals surface area contributed by atoms with Crippen LogP contribution in [-0.2, 0) is 9.53 Å². The summed E-state index contributed by atoms with van der Waals surface area (Å²) in [5, 5.41) is 8.41. The molecule has 0 bridgehead atoms. The molecule has 0 radical (unpaired) electrons. The Morgan fingerprint density at radius 1 is 1.69 bits per heavy atom. The summed E-state index contributed by atoms with van der Waals surface area (Å²) in [6.07, 6.45) is 3.67. The molecule has 0 aliphatic heterocycles. The van der Waals surface area contributed by atoms with Crippen LogP contribution in [0.25, 0.3) is 0 Å². The fraction of sp³-hybridized carbons (Fsp3) is 0.800. The number of Topliss-reactive ketones (excluding diaryl/α,β-unsaturated/α-hetero) is 1. The molecule has 1 rings (SSSR count). The van der Waals surface area contributed by atoms with Crippen LogP contribution in [0.15, 0.2) is 0 Å². The summed E-state index contributed by atoms with van der Waals surface area (Å²) in [4.78, 5) is 11.4. The molecule has 0 aromatic carbocycles. The molecule has 0 N–H and O–H groups in total. The third-order valence-electron chi connectivity index (χ3n) is 2.65. The second-order valence-corrected chi connectivity index (χ2v) is 3.49. The molecule has 0 heterocycles. The van der Waals surface area contributed by atoms with Gasteiger partial charge >= 0.3 is 0 Å².